The highest BCUT2D eigenvalue weighted by Crippen LogP contribution is 2.23. The van der Waals surface area contributed by atoms with Gasteiger partial charge in [0.1, 0.15) is 6.33 Å². The molecule has 4 rings (SSSR count). The monoisotopic (exact) mass is 404 g/mol. The Morgan fingerprint density at radius 2 is 2.07 bits per heavy atom. The Kier molecular flexibility index (Phi) is 5.39. The van der Waals surface area contributed by atoms with Crippen LogP contribution in [0.4, 0.5) is 5.69 Å². The van der Waals surface area contributed by atoms with Gasteiger partial charge in [-0.3, -0.25) is 14.3 Å². The van der Waals surface area contributed by atoms with E-state index in [0.717, 1.165) is 53.2 Å². The fourth-order valence-corrected chi connectivity index (χ4v) is 3.68. The molecule has 3 aromatic rings. The zero-order valence-electron chi connectivity index (χ0n) is 18.0. The van der Waals surface area contributed by atoms with Gasteiger partial charge in [0.2, 0.25) is 0 Å². The van der Waals surface area contributed by atoms with Gasteiger partial charge in [-0.25, -0.2) is 9.97 Å². The standard InChI is InChI=1S/C23H28N6O/c1-23(2,3)11-18-12-24-13-21(26-18)29-15-25-19-8-7-17(10-20(19)29)27-22(30)16-6-5-9-28(4)14-16/h6-8,10,12-13,15H,5,9,11,14H2,1-4H3,(H,27,30). The largest absolute Gasteiger partial charge is 0.322 e. The number of hydrogen-bond acceptors (Lipinski definition) is 5. The second kappa shape index (κ2) is 7.99. The Balaban J connectivity index is 1.61. The quantitative estimate of drug-likeness (QED) is 0.719. The number of carbonyl (C=O) groups is 1. The maximum Gasteiger partial charge on any atom is 0.252 e. The molecule has 1 N–H and O–H groups in total. The van der Waals surface area contributed by atoms with Crippen molar-refractivity contribution in [3.63, 3.8) is 0 Å². The van der Waals surface area contributed by atoms with Crippen molar-refractivity contribution in [3.8, 4) is 5.82 Å². The van der Waals surface area contributed by atoms with E-state index in [1.54, 1.807) is 12.5 Å². The molecule has 1 aromatic carbocycles. The highest BCUT2D eigenvalue weighted by molar-refractivity contribution is 6.04. The molecule has 1 aliphatic heterocycles. The Morgan fingerprint density at radius 3 is 2.83 bits per heavy atom. The molecule has 0 radical (unpaired) electrons. The van der Waals surface area contributed by atoms with E-state index in [-0.39, 0.29) is 11.3 Å². The summed E-state index contributed by atoms with van der Waals surface area (Å²) in [4.78, 5) is 28.5. The summed E-state index contributed by atoms with van der Waals surface area (Å²) in [6, 6.07) is 5.73. The predicted octanol–water partition coefficient (Wildman–Crippen LogP) is 3.60. The molecule has 7 nitrogen and oxygen atoms in total. The molecule has 0 bridgehead atoms. The topological polar surface area (TPSA) is 75.9 Å². The van der Waals surface area contributed by atoms with E-state index in [4.69, 9.17) is 4.98 Å². The molecule has 0 saturated carbocycles. The number of aromatic nitrogens is 4. The Morgan fingerprint density at radius 1 is 1.23 bits per heavy atom. The number of nitrogens with one attached hydrogen (secondary N) is 1. The minimum Gasteiger partial charge on any atom is -0.322 e. The van der Waals surface area contributed by atoms with E-state index < -0.39 is 0 Å². The van der Waals surface area contributed by atoms with Crippen LogP contribution in [0.2, 0.25) is 0 Å². The van der Waals surface area contributed by atoms with Gasteiger partial charge in [-0.1, -0.05) is 26.8 Å². The lowest BCUT2D eigenvalue weighted by atomic mass is 9.91. The summed E-state index contributed by atoms with van der Waals surface area (Å²) in [5.74, 6) is 0.665. The number of anilines is 1. The van der Waals surface area contributed by atoms with Crippen LogP contribution in [0.25, 0.3) is 16.9 Å². The lowest BCUT2D eigenvalue weighted by Crippen LogP contribution is -2.30. The first kappa shape index (κ1) is 20.2. The van der Waals surface area contributed by atoms with Crippen LogP contribution in [0, 0.1) is 5.41 Å². The molecular formula is C23H28N6O. The summed E-state index contributed by atoms with van der Waals surface area (Å²) >= 11 is 0. The number of likely N-dealkylation sites (N-methyl/N-ethyl adjacent to an activating group) is 1. The Bertz CT molecular complexity index is 1110. The third kappa shape index (κ3) is 4.57. The van der Waals surface area contributed by atoms with Crippen LogP contribution in [-0.4, -0.2) is 50.5 Å². The van der Waals surface area contributed by atoms with Crippen LogP contribution in [0.5, 0.6) is 0 Å². The molecule has 0 aliphatic carbocycles. The zero-order valence-corrected chi connectivity index (χ0v) is 18.0. The minimum atomic E-state index is -0.0565. The predicted molar refractivity (Wildman–Crippen MR) is 119 cm³/mol. The molecular weight excluding hydrogens is 376 g/mol. The van der Waals surface area contributed by atoms with Crippen molar-refractivity contribution in [2.75, 3.05) is 25.5 Å². The molecule has 1 amide bonds. The molecule has 0 unspecified atom stereocenters. The van der Waals surface area contributed by atoms with Crippen LogP contribution in [-0.2, 0) is 11.2 Å². The average molecular weight is 405 g/mol. The minimum absolute atomic E-state index is 0.0565. The number of hydrogen-bond donors (Lipinski definition) is 1. The van der Waals surface area contributed by atoms with Gasteiger partial charge in [0.05, 0.1) is 22.9 Å². The zero-order chi connectivity index (χ0) is 21.3. The van der Waals surface area contributed by atoms with Gasteiger partial charge in [-0.05, 0) is 43.5 Å². The van der Waals surface area contributed by atoms with Crippen LogP contribution in [0.15, 0.2) is 48.6 Å². The van der Waals surface area contributed by atoms with E-state index in [0.29, 0.717) is 6.54 Å². The van der Waals surface area contributed by atoms with Gasteiger partial charge in [-0.15, -0.1) is 0 Å². The van der Waals surface area contributed by atoms with Gasteiger partial charge in [-0.2, -0.15) is 0 Å². The highest BCUT2D eigenvalue weighted by atomic mass is 16.1. The molecule has 3 heterocycles. The first-order valence-corrected chi connectivity index (χ1v) is 10.3. The van der Waals surface area contributed by atoms with E-state index in [1.807, 2.05) is 42.1 Å². The summed E-state index contributed by atoms with van der Waals surface area (Å²) in [5, 5.41) is 3.02. The molecule has 30 heavy (non-hydrogen) atoms. The highest BCUT2D eigenvalue weighted by Gasteiger charge is 2.17. The summed E-state index contributed by atoms with van der Waals surface area (Å²) < 4.78 is 1.91. The Labute approximate surface area is 176 Å². The summed E-state index contributed by atoms with van der Waals surface area (Å²) in [6.07, 6.45) is 9.06. The number of rotatable bonds is 4. The normalized spacial score (nSPS) is 15.3. The lowest BCUT2D eigenvalue weighted by molar-refractivity contribution is -0.113. The van der Waals surface area contributed by atoms with Crippen LogP contribution < -0.4 is 5.32 Å². The molecule has 1 aliphatic rings. The SMILES string of the molecule is CN1CCC=C(C(=O)Nc2ccc3ncn(-c4cncc(CC(C)(C)C)n4)c3c2)C1. The fourth-order valence-electron chi connectivity index (χ4n) is 3.68. The fraction of sp³-hybridized carbons (Fsp3) is 0.391. The van der Waals surface area contributed by atoms with Crippen molar-refractivity contribution in [2.45, 2.75) is 33.6 Å². The molecule has 0 fully saturated rings. The number of carbonyl (C=O) groups excluding carboxylic acids is 1. The number of fused-ring (bicyclic) bond motifs is 1. The van der Waals surface area contributed by atoms with Crippen molar-refractivity contribution < 1.29 is 4.79 Å². The summed E-state index contributed by atoms with van der Waals surface area (Å²) in [6.45, 7) is 8.20. The first-order chi connectivity index (χ1) is 14.3. The maximum absolute atomic E-state index is 12.7. The van der Waals surface area contributed by atoms with Gasteiger partial charge in [0.15, 0.2) is 5.82 Å². The second-order valence-electron chi connectivity index (χ2n) is 9.13. The summed E-state index contributed by atoms with van der Waals surface area (Å²) in [5.41, 5.74) is 4.33. The smallest absolute Gasteiger partial charge is 0.252 e. The third-order valence-electron chi connectivity index (χ3n) is 5.07. The van der Waals surface area contributed by atoms with E-state index in [9.17, 15) is 4.79 Å². The van der Waals surface area contributed by atoms with Gasteiger partial charge in [0, 0.05) is 30.5 Å². The Hall–Kier alpha value is -3.06. The molecule has 0 saturated heterocycles. The van der Waals surface area contributed by atoms with Crippen LogP contribution >= 0.6 is 0 Å². The van der Waals surface area contributed by atoms with Gasteiger partial charge >= 0.3 is 0 Å². The molecule has 2 aromatic heterocycles. The van der Waals surface area contributed by atoms with Crippen molar-refractivity contribution >= 4 is 22.6 Å². The lowest BCUT2D eigenvalue weighted by Gasteiger charge is -2.22. The van der Waals surface area contributed by atoms with Crippen molar-refractivity contribution in [1.82, 2.24) is 24.4 Å². The van der Waals surface area contributed by atoms with E-state index >= 15 is 0 Å². The summed E-state index contributed by atoms with van der Waals surface area (Å²) in [7, 11) is 2.03. The van der Waals surface area contributed by atoms with Crippen LogP contribution in [0.1, 0.15) is 32.9 Å². The number of imidazole rings is 1. The van der Waals surface area contributed by atoms with E-state index in [2.05, 4.69) is 41.0 Å². The van der Waals surface area contributed by atoms with Gasteiger partial charge < -0.3 is 10.2 Å². The van der Waals surface area contributed by atoms with Crippen LogP contribution in [0.3, 0.4) is 0 Å². The number of nitrogens with zero attached hydrogens (tertiary/aromatic N) is 5. The van der Waals surface area contributed by atoms with Crippen molar-refractivity contribution in [1.29, 1.82) is 0 Å². The van der Waals surface area contributed by atoms with Crippen molar-refractivity contribution in [2.24, 2.45) is 5.41 Å². The second-order valence-corrected chi connectivity index (χ2v) is 9.13. The molecule has 0 atom stereocenters. The molecule has 7 heteroatoms. The third-order valence-corrected chi connectivity index (χ3v) is 5.07. The average Bonchev–Trinajstić information content (AvgIpc) is 3.10. The molecule has 156 valence electrons. The van der Waals surface area contributed by atoms with E-state index in [1.165, 1.54) is 0 Å². The molecule has 0 spiro atoms. The van der Waals surface area contributed by atoms with Crippen molar-refractivity contribution in [3.05, 3.63) is 54.3 Å². The van der Waals surface area contributed by atoms with Gasteiger partial charge in [0.25, 0.3) is 5.91 Å². The number of benzene rings is 1. The number of amides is 1. The first-order valence-electron chi connectivity index (χ1n) is 10.3. The maximum atomic E-state index is 12.7.